The van der Waals surface area contributed by atoms with E-state index in [1.54, 1.807) is 0 Å². The molecule has 0 radical (unpaired) electrons. The summed E-state index contributed by atoms with van der Waals surface area (Å²) in [6.07, 6.45) is 1.21. The largest absolute Gasteiger partial charge is 0.489 e. The second kappa shape index (κ2) is 22.3. The Morgan fingerprint density at radius 3 is 2.17 bits per heavy atom. The quantitative estimate of drug-likeness (QED) is 0.132. The van der Waals surface area contributed by atoms with Crippen LogP contribution in [-0.2, 0) is 27.1 Å². The third-order valence-corrected chi connectivity index (χ3v) is 5.45. The van der Waals surface area contributed by atoms with Gasteiger partial charge in [0, 0.05) is 30.6 Å². The van der Waals surface area contributed by atoms with E-state index in [1.807, 2.05) is 56.3 Å². The molecule has 0 fully saturated rings. The number of carbonyl (C=O) groups is 1. The van der Waals surface area contributed by atoms with Crippen molar-refractivity contribution in [1.82, 2.24) is 10.6 Å². The number of alkyl carbamates (subject to hydrolysis) is 1. The van der Waals surface area contributed by atoms with Crippen LogP contribution in [0.25, 0.3) is 0 Å². The standard InChI is InChI=1S/C17H30N2O3.C15H20N2O2/c1-4-15-5-6-17(16(18)13-15)22-12-11-21-10-9-20-8-7-19-14(2)3;1-12(2)4-3-10-17-15(18)19-11-9-13-5-7-14(16)8-6-13/h5-6,13-14,19H,4,7-12,18H2,1-3H3;5-8,12H,9-11,16H2,1-2H3,(H,17,18). The summed E-state index contributed by atoms with van der Waals surface area (Å²) < 4.78 is 21.5. The number of hydrogen-bond donors (Lipinski definition) is 4. The summed E-state index contributed by atoms with van der Waals surface area (Å²) in [6, 6.07) is 13.9. The van der Waals surface area contributed by atoms with Crippen molar-refractivity contribution < 1.29 is 23.7 Å². The molecule has 2 aromatic carbocycles. The maximum absolute atomic E-state index is 11.3. The molecule has 0 saturated heterocycles. The molecule has 0 aliphatic rings. The molecule has 0 aliphatic heterocycles. The van der Waals surface area contributed by atoms with Gasteiger partial charge in [0.1, 0.15) is 12.4 Å². The molecule has 9 heteroatoms. The minimum atomic E-state index is -0.437. The molecule has 2 rings (SSSR count). The first kappa shape index (κ1) is 35.6. The van der Waals surface area contributed by atoms with Gasteiger partial charge in [-0.1, -0.05) is 64.7 Å². The molecular weight excluding hydrogens is 520 g/mol. The number of nitrogens with two attached hydrogens (primary N) is 2. The number of rotatable bonds is 16. The molecule has 228 valence electrons. The summed E-state index contributed by atoms with van der Waals surface area (Å²) in [5.74, 6) is 6.84. The Bertz CT molecular complexity index is 1030. The Morgan fingerprint density at radius 1 is 0.878 bits per heavy atom. The molecule has 9 nitrogen and oxygen atoms in total. The van der Waals surface area contributed by atoms with E-state index < -0.39 is 6.09 Å². The number of benzene rings is 2. The minimum absolute atomic E-state index is 0.309. The fourth-order valence-corrected chi connectivity index (χ4v) is 3.27. The highest BCUT2D eigenvalue weighted by Gasteiger charge is 2.02. The van der Waals surface area contributed by atoms with E-state index in [4.69, 9.17) is 30.4 Å². The Hall–Kier alpha value is -3.45. The van der Waals surface area contributed by atoms with Gasteiger partial charge < -0.3 is 41.0 Å². The van der Waals surface area contributed by atoms with Crippen LogP contribution in [0, 0.1) is 17.8 Å². The van der Waals surface area contributed by atoms with Crippen LogP contribution in [-0.4, -0.2) is 64.9 Å². The second-order valence-corrected chi connectivity index (χ2v) is 9.86. The first-order chi connectivity index (χ1) is 19.7. The summed E-state index contributed by atoms with van der Waals surface area (Å²) in [5.41, 5.74) is 15.2. The fraction of sp³-hybridized carbons (Fsp3) is 0.531. The highest BCUT2D eigenvalue weighted by Crippen LogP contribution is 2.22. The highest BCUT2D eigenvalue weighted by molar-refractivity contribution is 5.67. The van der Waals surface area contributed by atoms with Crippen molar-refractivity contribution >= 4 is 17.5 Å². The Kier molecular flexibility index (Phi) is 19.3. The molecule has 0 heterocycles. The number of nitrogens with one attached hydrogen (secondary N) is 2. The van der Waals surface area contributed by atoms with E-state index in [9.17, 15) is 4.79 Å². The molecule has 1 amide bonds. The van der Waals surface area contributed by atoms with Gasteiger partial charge in [0.25, 0.3) is 0 Å². The zero-order valence-electron chi connectivity index (χ0n) is 25.5. The number of aryl methyl sites for hydroxylation is 1. The van der Waals surface area contributed by atoms with Gasteiger partial charge >= 0.3 is 6.09 Å². The van der Waals surface area contributed by atoms with Gasteiger partial charge in [-0.2, -0.15) is 0 Å². The summed E-state index contributed by atoms with van der Waals surface area (Å²) in [4.78, 5) is 11.3. The van der Waals surface area contributed by atoms with Crippen LogP contribution in [0.15, 0.2) is 42.5 Å². The number of anilines is 2. The predicted molar refractivity (Wildman–Crippen MR) is 167 cm³/mol. The lowest BCUT2D eigenvalue weighted by Gasteiger charge is -2.11. The molecule has 2 aromatic rings. The zero-order valence-corrected chi connectivity index (χ0v) is 25.5. The molecule has 6 N–H and O–H groups in total. The van der Waals surface area contributed by atoms with Crippen LogP contribution in [0.2, 0.25) is 0 Å². The van der Waals surface area contributed by atoms with Gasteiger partial charge in [-0.15, -0.1) is 0 Å². The van der Waals surface area contributed by atoms with Gasteiger partial charge in [-0.25, -0.2) is 4.79 Å². The van der Waals surface area contributed by atoms with Gasteiger partial charge in [0.2, 0.25) is 0 Å². The summed E-state index contributed by atoms with van der Waals surface area (Å²) >= 11 is 0. The third kappa shape index (κ3) is 19.3. The van der Waals surface area contributed by atoms with E-state index in [-0.39, 0.29) is 0 Å². The molecule has 0 spiro atoms. The van der Waals surface area contributed by atoms with Crippen molar-refractivity contribution in [2.45, 2.75) is 53.5 Å². The SMILES string of the molecule is CC(C)C#CCNC(=O)OCCc1ccc(N)cc1.CCc1ccc(OCCOCCOCCNC(C)C)c(N)c1. The summed E-state index contributed by atoms with van der Waals surface area (Å²) in [7, 11) is 0. The number of carbonyl (C=O) groups excluding carboxylic acids is 1. The first-order valence-electron chi connectivity index (χ1n) is 14.3. The van der Waals surface area contributed by atoms with Crippen LogP contribution in [0.4, 0.5) is 16.2 Å². The Labute approximate surface area is 246 Å². The molecular formula is C32H50N4O5. The number of nitrogen functional groups attached to an aromatic ring is 2. The lowest BCUT2D eigenvalue weighted by molar-refractivity contribution is 0.0371. The van der Waals surface area contributed by atoms with Crippen molar-refractivity contribution in [3.63, 3.8) is 0 Å². The predicted octanol–water partition coefficient (Wildman–Crippen LogP) is 4.44. The van der Waals surface area contributed by atoms with Crippen LogP contribution in [0.1, 0.15) is 45.7 Å². The van der Waals surface area contributed by atoms with Crippen molar-refractivity contribution in [2.24, 2.45) is 5.92 Å². The number of hydrogen-bond acceptors (Lipinski definition) is 8. The van der Waals surface area contributed by atoms with Crippen molar-refractivity contribution in [1.29, 1.82) is 0 Å². The molecule has 41 heavy (non-hydrogen) atoms. The molecule has 0 bridgehead atoms. The average molecular weight is 571 g/mol. The molecule has 0 aromatic heterocycles. The van der Waals surface area contributed by atoms with Crippen LogP contribution < -0.4 is 26.8 Å². The maximum atomic E-state index is 11.3. The van der Waals surface area contributed by atoms with Gasteiger partial charge in [0.15, 0.2) is 0 Å². The monoisotopic (exact) mass is 570 g/mol. The normalized spacial score (nSPS) is 10.4. The molecule has 0 aliphatic carbocycles. The number of ether oxygens (including phenoxy) is 4. The Morgan fingerprint density at radius 2 is 1.54 bits per heavy atom. The van der Waals surface area contributed by atoms with Crippen molar-refractivity contribution in [2.75, 3.05) is 64.2 Å². The van der Waals surface area contributed by atoms with Crippen LogP contribution >= 0.6 is 0 Å². The van der Waals surface area contributed by atoms with E-state index in [0.29, 0.717) is 70.3 Å². The number of amides is 1. The second-order valence-electron chi connectivity index (χ2n) is 9.86. The third-order valence-electron chi connectivity index (χ3n) is 5.45. The van der Waals surface area contributed by atoms with E-state index in [0.717, 1.165) is 30.0 Å². The summed E-state index contributed by atoms with van der Waals surface area (Å²) in [6.45, 7) is 14.8. The van der Waals surface area contributed by atoms with E-state index >= 15 is 0 Å². The maximum Gasteiger partial charge on any atom is 0.407 e. The van der Waals surface area contributed by atoms with Crippen LogP contribution in [0.3, 0.4) is 0 Å². The van der Waals surface area contributed by atoms with E-state index in [1.165, 1.54) is 5.56 Å². The zero-order chi connectivity index (χ0) is 30.3. The van der Waals surface area contributed by atoms with Crippen molar-refractivity contribution in [3.05, 3.63) is 53.6 Å². The lowest BCUT2D eigenvalue weighted by atomic mass is 10.1. The van der Waals surface area contributed by atoms with Gasteiger partial charge in [0.05, 0.1) is 45.3 Å². The van der Waals surface area contributed by atoms with E-state index in [2.05, 4.69) is 43.2 Å². The minimum Gasteiger partial charge on any atom is -0.489 e. The van der Waals surface area contributed by atoms with Gasteiger partial charge in [-0.3, -0.25) is 0 Å². The first-order valence-corrected chi connectivity index (χ1v) is 14.3. The average Bonchev–Trinajstić information content (AvgIpc) is 2.94. The van der Waals surface area contributed by atoms with Crippen molar-refractivity contribution in [3.8, 4) is 17.6 Å². The smallest absolute Gasteiger partial charge is 0.407 e. The van der Waals surface area contributed by atoms with Crippen LogP contribution in [0.5, 0.6) is 5.75 Å². The Balaban J connectivity index is 0.000000414. The topological polar surface area (TPSA) is 130 Å². The molecule has 0 unspecified atom stereocenters. The van der Waals surface area contributed by atoms with Gasteiger partial charge in [-0.05, 0) is 41.8 Å². The lowest BCUT2D eigenvalue weighted by Crippen LogP contribution is -2.27. The molecule has 0 saturated carbocycles. The molecule has 0 atom stereocenters. The highest BCUT2D eigenvalue weighted by atomic mass is 16.6. The fourth-order valence-electron chi connectivity index (χ4n) is 3.27. The summed E-state index contributed by atoms with van der Waals surface area (Å²) in [5, 5.41) is 5.87.